The van der Waals surface area contributed by atoms with Crippen molar-refractivity contribution in [1.29, 1.82) is 0 Å². The van der Waals surface area contributed by atoms with Gasteiger partial charge in [0.15, 0.2) is 9.84 Å². The lowest BCUT2D eigenvalue weighted by Gasteiger charge is -2.35. The molecule has 0 bridgehead atoms. The molecule has 2 aliphatic rings. The SMILES string of the molecule is CS(=O)(=O)c1cccc(C(=O)N2CCN(CC(=O)N3CCCC3)CC2)c1. The summed E-state index contributed by atoms with van der Waals surface area (Å²) in [5, 5.41) is 0. The van der Waals surface area contributed by atoms with E-state index in [-0.39, 0.29) is 16.7 Å². The average molecular weight is 379 g/mol. The molecule has 0 saturated carbocycles. The summed E-state index contributed by atoms with van der Waals surface area (Å²) in [7, 11) is -3.34. The predicted octanol–water partition coefficient (Wildman–Crippen LogP) is 0.470. The quantitative estimate of drug-likeness (QED) is 0.760. The van der Waals surface area contributed by atoms with E-state index in [0.29, 0.717) is 38.3 Å². The number of hydrogen-bond acceptors (Lipinski definition) is 5. The molecule has 26 heavy (non-hydrogen) atoms. The molecule has 2 saturated heterocycles. The molecule has 7 nitrogen and oxygen atoms in total. The fraction of sp³-hybridized carbons (Fsp3) is 0.556. The lowest BCUT2D eigenvalue weighted by atomic mass is 10.2. The van der Waals surface area contributed by atoms with Gasteiger partial charge in [-0.25, -0.2) is 8.42 Å². The molecule has 0 spiro atoms. The first-order valence-electron chi connectivity index (χ1n) is 8.94. The van der Waals surface area contributed by atoms with Crippen molar-refractivity contribution in [1.82, 2.24) is 14.7 Å². The van der Waals surface area contributed by atoms with Gasteiger partial charge in [-0.05, 0) is 31.0 Å². The number of benzene rings is 1. The Kier molecular flexibility index (Phi) is 5.62. The van der Waals surface area contributed by atoms with E-state index in [9.17, 15) is 18.0 Å². The van der Waals surface area contributed by atoms with Crippen LogP contribution in [0.2, 0.25) is 0 Å². The van der Waals surface area contributed by atoms with Crippen molar-refractivity contribution < 1.29 is 18.0 Å². The Hall–Kier alpha value is -1.93. The highest BCUT2D eigenvalue weighted by molar-refractivity contribution is 7.90. The normalized spacial score (nSPS) is 19.0. The summed E-state index contributed by atoms with van der Waals surface area (Å²) in [5.74, 6) is 0.00384. The molecule has 0 radical (unpaired) electrons. The highest BCUT2D eigenvalue weighted by Crippen LogP contribution is 2.15. The van der Waals surface area contributed by atoms with Gasteiger partial charge in [0.05, 0.1) is 11.4 Å². The van der Waals surface area contributed by atoms with Crippen molar-refractivity contribution >= 4 is 21.7 Å². The van der Waals surface area contributed by atoms with Gasteiger partial charge in [0.2, 0.25) is 5.91 Å². The Bertz CT molecular complexity index is 779. The third kappa shape index (κ3) is 4.42. The minimum atomic E-state index is -3.34. The van der Waals surface area contributed by atoms with Gasteiger partial charge in [-0.15, -0.1) is 0 Å². The van der Waals surface area contributed by atoms with Crippen LogP contribution < -0.4 is 0 Å². The molecule has 0 aliphatic carbocycles. The number of sulfone groups is 1. The Balaban J connectivity index is 1.56. The first-order valence-corrected chi connectivity index (χ1v) is 10.8. The van der Waals surface area contributed by atoms with Gasteiger partial charge in [0.1, 0.15) is 0 Å². The number of piperazine rings is 1. The molecule has 1 aromatic rings. The molecule has 2 aliphatic heterocycles. The standard InChI is InChI=1S/C18H25N3O4S/c1-26(24,25)16-6-4-5-15(13-16)18(23)21-11-9-19(10-12-21)14-17(22)20-7-2-3-8-20/h4-6,13H,2-3,7-12,14H2,1H3. The van der Waals surface area contributed by atoms with Crippen molar-refractivity contribution in [2.45, 2.75) is 17.7 Å². The van der Waals surface area contributed by atoms with Crippen LogP contribution in [0, 0.1) is 0 Å². The van der Waals surface area contributed by atoms with E-state index in [1.165, 1.54) is 12.1 Å². The molecular formula is C18H25N3O4S. The van der Waals surface area contributed by atoms with Crippen LogP contribution in [0.4, 0.5) is 0 Å². The first-order chi connectivity index (χ1) is 12.3. The molecule has 1 aromatic carbocycles. The summed E-state index contributed by atoms with van der Waals surface area (Å²) < 4.78 is 23.3. The Labute approximate surface area is 154 Å². The highest BCUT2D eigenvalue weighted by atomic mass is 32.2. The van der Waals surface area contributed by atoms with Gasteiger partial charge in [-0.2, -0.15) is 0 Å². The monoisotopic (exact) mass is 379 g/mol. The van der Waals surface area contributed by atoms with Gasteiger partial charge in [-0.1, -0.05) is 6.07 Å². The summed E-state index contributed by atoms with van der Waals surface area (Å²) >= 11 is 0. The second-order valence-corrected chi connectivity index (χ2v) is 8.97. The van der Waals surface area contributed by atoms with Gasteiger partial charge >= 0.3 is 0 Å². The predicted molar refractivity (Wildman–Crippen MR) is 97.7 cm³/mol. The van der Waals surface area contributed by atoms with Crippen LogP contribution in [0.1, 0.15) is 23.2 Å². The Morgan fingerprint density at radius 2 is 1.62 bits per heavy atom. The van der Waals surface area contributed by atoms with E-state index >= 15 is 0 Å². The molecule has 0 unspecified atom stereocenters. The third-order valence-electron chi connectivity index (χ3n) is 4.99. The maximum atomic E-state index is 12.7. The zero-order chi connectivity index (χ0) is 18.7. The number of carbonyl (C=O) groups is 2. The van der Waals surface area contributed by atoms with Crippen LogP contribution in [0.5, 0.6) is 0 Å². The molecule has 142 valence electrons. The Morgan fingerprint density at radius 1 is 0.962 bits per heavy atom. The van der Waals surface area contributed by atoms with Gasteiger partial charge in [0, 0.05) is 51.1 Å². The fourth-order valence-electron chi connectivity index (χ4n) is 3.41. The highest BCUT2D eigenvalue weighted by Gasteiger charge is 2.26. The molecular weight excluding hydrogens is 354 g/mol. The van der Waals surface area contributed by atoms with Crippen LogP contribution in [-0.2, 0) is 14.6 Å². The summed E-state index contributed by atoms with van der Waals surface area (Å²) in [6.07, 6.45) is 3.30. The van der Waals surface area contributed by atoms with Crippen LogP contribution in [0.25, 0.3) is 0 Å². The summed E-state index contributed by atoms with van der Waals surface area (Å²) in [4.78, 5) is 30.7. The molecule has 3 rings (SSSR count). The largest absolute Gasteiger partial charge is 0.342 e. The lowest BCUT2D eigenvalue weighted by Crippen LogP contribution is -2.51. The Morgan fingerprint density at radius 3 is 2.23 bits per heavy atom. The van der Waals surface area contributed by atoms with Gasteiger partial charge in [0.25, 0.3) is 5.91 Å². The molecule has 2 fully saturated rings. The van der Waals surface area contributed by atoms with E-state index in [4.69, 9.17) is 0 Å². The molecule has 2 amide bonds. The first kappa shape index (κ1) is 18.8. The number of hydrogen-bond donors (Lipinski definition) is 0. The second kappa shape index (κ2) is 7.75. The lowest BCUT2D eigenvalue weighted by molar-refractivity contribution is -0.131. The van der Waals surface area contributed by atoms with E-state index in [2.05, 4.69) is 4.90 Å². The minimum Gasteiger partial charge on any atom is -0.342 e. The van der Waals surface area contributed by atoms with Crippen molar-refractivity contribution in [3.63, 3.8) is 0 Å². The average Bonchev–Trinajstić information content (AvgIpc) is 3.16. The van der Waals surface area contributed by atoms with Crippen molar-refractivity contribution in [2.24, 2.45) is 0 Å². The zero-order valence-corrected chi connectivity index (χ0v) is 15.9. The molecule has 2 heterocycles. The molecule has 0 aromatic heterocycles. The number of likely N-dealkylation sites (tertiary alicyclic amines) is 1. The fourth-order valence-corrected chi connectivity index (χ4v) is 4.08. The smallest absolute Gasteiger partial charge is 0.253 e. The summed E-state index contributed by atoms with van der Waals surface area (Å²) in [6.45, 7) is 4.49. The molecule has 8 heteroatoms. The number of rotatable bonds is 4. The van der Waals surface area contributed by atoms with E-state index in [0.717, 1.165) is 32.2 Å². The van der Waals surface area contributed by atoms with E-state index < -0.39 is 9.84 Å². The summed E-state index contributed by atoms with van der Waals surface area (Å²) in [6, 6.07) is 6.16. The number of carbonyl (C=O) groups excluding carboxylic acids is 2. The third-order valence-corrected chi connectivity index (χ3v) is 6.10. The minimum absolute atomic E-state index is 0.151. The van der Waals surface area contributed by atoms with Crippen LogP contribution in [-0.4, -0.2) is 87.0 Å². The molecule has 0 atom stereocenters. The van der Waals surface area contributed by atoms with E-state index in [1.807, 2.05) is 4.90 Å². The van der Waals surface area contributed by atoms with Crippen molar-refractivity contribution in [2.75, 3.05) is 52.1 Å². The van der Waals surface area contributed by atoms with Crippen molar-refractivity contribution in [3.8, 4) is 0 Å². The zero-order valence-electron chi connectivity index (χ0n) is 15.1. The van der Waals surface area contributed by atoms with Crippen LogP contribution in [0.3, 0.4) is 0 Å². The number of amides is 2. The van der Waals surface area contributed by atoms with Gasteiger partial charge in [-0.3, -0.25) is 14.5 Å². The van der Waals surface area contributed by atoms with E-state index in [1.54, 1.807) is 17.0 Å². The molecule has 0 N–H and O–H groups in total. The van der Waals surface area contributed by atoms with Crippen LogP contribution >= 0.6 is 0 Å². The van der Waals surface area contributed by atoms with Crippen molar-refractivity contribution in [3.05, 3.63) is 29.8 Å². The maximum absolute atomic E-state index is 12.7. The summed E-state index contributed by atoms with van der Waals surface area (Å²) in [5.41, 5.74) is 0.384. The number of nitrogens with zero attached hydrogens (tertiary/aromatic N) is 3. The topological polar surface area (TPSA) is 78.0 Å². The maximum Gasteiger partial charge on any atom is 0.253 e. The van der Waals surface area contributed by atoms with Crippen LogP contribution in [0.15, 0.2) is 29.2 Å². The van der Waals surface area contributed by atoms with Gasteiger partial charge < -0.3 is 9.80 Å². The second-order valence-electron chi connectivity index (χ2n) is 6.96.